The number of nitrogens with zero attached hydrogens (tertiary/aromatic N) is 6. The van der Waals surface area contributed by atoms with Gasteiger partial charge in [-0.1, -0.05) is 6.07 Å². The Bertz CT molecular complexity index is 1220. The predicted molar refractivity (Wildman–Crippen MR) is 114 cm³/mol. The first-order valence-electron chi connectivity index (χ1n) is 8.94. The van der Waals surface area contributed by atoms with Crippen LogP contribution in [0.4, 0.5) is 17.5 Å². The normalized spacial score (nSPS) is 10.9. The third-order valence-electron chi connectivity index (χ3n) is 4.28. The molecule has 5 rings (SSSR count). The lowest BCUT2D eigenvalue weighted by atomic mass is 10.3. The van der Waals surface area contributed by atoms with Gasteiger partial charge in [-0.2, -0.15) is 21.3 Å². The van der Waals surface area contributed by atoms with Crippen LogP contribution in [0.3, 0.4) is 0 Å². The molecule has 0 saturated carbocycles. The van der Waals surface area contributed by atoms with Crippen molar-refractivity contribution in [1.29, 1.82) is 0 Å². The molecule has 2 N–H and O–H groups in total. The molecule has 5 aromatic rings. The summed E-state index contributed by atoms with van der Waals surface area (Å²) in [4.78, 5) is 22.2. The molecular formula is C20H16N8S. The molecule has 5 aromatic heterocycles. The van der Waals surface area contributed by atoms with Gasteiger partial charge in [-0.15, -0.1) is 0 Å². The van der Waals surface area contributed by atoms with Crippen molar-refractivity contribution < 1.29 is 0 Å². The van der Waals surface area contributed by atoms with E-state index in [4.69, 9.17) is 4.98 Å². The second-order valence-electron chi connectivity index (χ2n) is 6.25. The highest BCUT2D eigenvalue weighted by Crippen LogP contribution is 2.26. The van der Waals surface area contributed by atoms with Gasteiger partial charge in [-0.25, -0.2) is 4.98 Å². The maximum atomic E-state index is 4.70. The van der Waals surface area contributed by atoms with Gasteiger partial charge in [0.1, 0.15) is 6.33 Å². The number of fused-ring (bicyclic) bond motifs is 1. The van der Waals surface area contributed by atoms with E-state index in [1.54, 1.807) is 36.3 Å². The molecule has 0 unspecified atom stereocenters. The van der Waals surface area contributed by atoms with Crippen molar-refractivity contribution in [2.75, 3.05) is 10.6 Å². The van der Waals surface area contributed by atoms with Crippen LogP contribution in [0, 0.1) is 0 Å². The molecule has 0 aliphatic heterocycles. The Kier molecular flexibility index (Phi) is 4.55. The van der Waals surface area contributed by atoms with E-state index in [2.05, 4.69) is 35.9 Å². The molecule has 0 aliphatic carbocycles. The second kappa shape index (κ2) is 7.64. The molecule has 8 nitrogen and oxygen atoms in total. The van der Waals surface area contributed by atoms with Gasteiger partial charge in [0, 0.05) is 30.5 Å². The minimum Gasteiger partial charge on any atom is -0.364 e. The molecule has 0 bridgehead atoms. The highest BCUT2D eigenvalue weighted by atomic mass is 32.1. The zero-order valence-electron chi connectivity index (χ0n) is 15.2. The maximum Gasteiger partial charge on any atom is 0.231 e. The van der Waals surface area contributed by atoms with E-state index in [1.807, 2.05) is 46.5 Å². The standard InChI is InChI=1S/C20H16N8S/c1-3-14(9-21-6-1)10-23-18-17-19(28(13-24-17)16-5-8-29-12-16)27-20(26-18)25-15-4-2-7-22-11-15/h1-9,11-13H,10H2,(H2,23,25,26,27). The van der Waals surface area contributed by atoms with Crippen LogP contribution in [0.15, 0.2) is 72.2 Å². The van der Waals surface area contributed by atoms with Gasteiger partial charge in [0.25, 0.3) is 0 Å². The summed E-state index contributed by atoms with van der Waals surface area (Å²) < 4.78 is 1.96. The summed E-state index contributed by atoms with van der Waals surface area (Å²) in [5.74, 6) is 1.12. The third-order valence-corrected chi connectivity index (χ3v) is 4.95. The summed E-state index contributed by atoms with van der Waals surface area (Å²) in [6, 6.07) is 9.73. The quantitative estimate of drug-likeness (QED) is 0.444. The van der Waals surface area contributed by atoms with Crippen molar-refractivity contribution in [3.63, 3.8) is 0 Å². The lowest BCUT2D eigenvalue weighted by Gasteiger charge is -2.10. The van der Waals surface area contributed by atoms with Crippen LogP contribution >= 0.6 is 11.3 Å². The maximum absolute atomic E-state index is 4.70. The van der Waals surface area contributed by atoms with Crippen molar-refractivity contribution in [2.24, 2.45) is 0 Å². The van der Waals surface area contributed by atoms with Gasteiger partial charge in [0.05, 0.1) is 17.6 Å². The summed E-state index contributed by atoms with van der Waals surface area (Å²) in [5, 5.41) is 10.7. The molecule has 0 saturated heterocycles. The molecule has 0 fully saturated rings. The number of hydrogen-bond acceptors (Lipinski definition) is 8. The van der Waals surface area contributed by atoms with Crippen LogP contribution in [0.25, 0.3) is 16.9 Å². The van der Waals surface area contributed by atoms with Crippen LogP contribution in [0.1, 0.15) is 5.56 Å². The zero-order chi connectivity index (χ0) is 19.5. The van der Waals surface area contributed by atoms with Crippen LogP contribution in [-0.4, -0.2) is 29.5 Å². The van der Waals surface area contributed by atoms with E-state index in [9.17, 15) is 0 Å². The van der Waals surface area contributed by atoms with Crippen LogP contribution in [0.5, 0.6) is 0 Å². The number of pyridine rings is 2. The highest BCUT2D eigenvalue weighted by molar-refractivity contribution is 7.08. The van der Waals surface area contributed by atoms with Gasteiger partial charge >= 0.3 is 0 Å². The molecule has 0 aromatic carbocycles. The number of rotatable bonds is 6. The van der Waals surface area contributed by atoms with E-state index in [-0.39, 0.29) is 0 Å². The summed E-state index contributed by atoms with van der Waals surface area (Å²) in [5.41, 5.74) is 4.31. The molecule has 29 heavy (non-hydrogen) atoms. The van der Waals surface area contributed by atoms with Gasteiger partial charge in [-0.05, 0) is 35.2 Å². The SMILES string of the molecule is c1cncc(CNc2nc(Nc3cccnc3)nc3c2ncn3-c2ccsc2)c1. The Labute approximate surface area is 170 Å². The number of aromatic nitrogens is 6. The lowest BCUT2D eigenvalue weighted by molar-refractivity contribution is 1.06. The predicted octanol–water partition coefficient (Wildman–Crippen LogP) is 4.02. The second-order valence-corrected chi connectivity index (χ2v) is 7.03. The van der Waals surface area contributed by atoms with Crippen LogP contribution in [0.2, 0.25) is 0 Å². The Morgan fingerprint density at radius 1 is 1.00 bits per heavy atom. The van der Waals surface area contributed by atoms with Gasteiger partial charge < -0.3 is 10.6 Å². The van der Waals surface area contributed by atoms with E-state index in [0.29, 0.717) is 23.8 Å². The fourth-order valence-electron chi connectivity index (χ4n) is 2.92. The van der Waals surface area contributed by atoms with Crippen LogP contribution < -0.4 is 10.6 Å². The van der Waals surface area contributed by atoms with Crippen LogP contribution in [-0.2, 0) is 6.54 Å². The largest absolute Gasteiger partial charge is 0.364 e. The van der Waals surface area contributed by atoms with Gasteiger partial charge in [-0.3, -0.25) is 14.5 Å². The van der Waals surface area contributed by atoms with Crippen molar-refractivity contribution in [3.8, 4) is 5.69 Å². The number of anilines is 3. The minimum atomic E-state index is 0.469. The molecular weight excluding hydrogens is 384 g/mol. The molecule has 0 spiro atoms. The number of thiophene rings is 1. The summed E-state index contributed by atoms with van der Waals surface area (Å²) >= 11 is 1.63. The Balaban J connectivity index is 1.56. The summed E-state index contributed by atoms with van der Waals surface area (Å²) in [6.45, 7) is 0.581. The Morgan fingerprint density at radius 3 is 2.66 bits per heavy atom. The fourth-order valence-corrected chi connectivity index (χ4v) is 3.54. The molecule has 5 heterocycles. The van der Waals surface area contributed by atoms with Crippen molar-refractivity contribution in [2.45, 2.75) is 6.54 Å². The lowest BCUT2D eigenvalue weighted by Crippen LogP contribution is -2.06. The molecule has 142 valence electrons. The van der Waals surface area contributed by atoms with Crippen molar-refractivity contribution in [1.82, 2.24) is 29.5 Å². The molecule has 0 atom stereocenters. The van der Waals surface area contributed by atoms with E-state index in [1.165, 1.54) is 0 Å². The van der Waals surface area contributed by atoms with E-state index in [0.717, 1.165) is 22.6 Å². The minimum absolute atomic E-state index is 0.469. The third kappa shape index (κ3) is 3.63. The monoisotopic (exact) mass is 400 g/mol. The average molecular weight is 400 g/mol. The molecule has 0 radical (unpaired) electrons. The summed E-state index contributed by atoms with van der Waals surface area (Å²) in [7, 11) is 0. The zero-order valence-corrected chi connectivity index (χ0v) is 16.0. The molecule has 9 heteroatoms. The van der Waals surface area contributed by atoms with Gasteiger partial charge in [0.15, 0.2) is 17.0 Å². The number of imidazole rings is 1. The fraction of sp³-hybridized carbons (Fsp3) is 0.0500. The first-order valence-corrected chi connectivity index (χ1v) is 9.88. The first kappa shape index (κ1) is 17.3. The Morgan fingerprint density at radius 2 is 1.90 bits per heavy atom. The van der Waals surface area contributed by atoms with Gasteiger partial charge in [0.2, 0.25) is 5.95 Å². The number of hydrogen-bond donors (Lipinski definition) is 2. The van der Waals surface area contributed by atoms with E-state index < -0.39 is 0 Å². The highest BCUT2D eigenvalue weighted by Gasteiger charge is 2.15. The van der Waals surface area contributed by atoms with Crippen molar-refractivity contribution >= 4 is 40.0 Å². The average Bonchev–Trinajstić information content (AvgIpc) is 3.43. The summed E-state index contributed by atoms with van der Waals surface area (Å²) in [6.07, 6.45) is 8.80. The Hall–Kier alpha value is -3.85. The first-order chi connectivity index (χ1) is 14.4. The molecule has 0 amide bonds. The topological polar surface area (TPSA) is 93.4 Å². The van der Waals surface area contributed by atoms with Crippen molar-refractivity contribution in [3.05, 3.63) is 77.8 Å². The smallest absolute Gasteiger partial charge is 0.231 e. The number of nitrogens with one attached hydrogen (secondary N) is 2. The molecule has 0 aliphatic rings. The van der Waals surface area contributed by atoms with E-state index >= 15 is 0 Å².